The maximum absolute atomic E-state index is 11.4. The summed E-state index contributed by atoms with van der Waals surface area (Å²) in [7, 11) is 0. The highest BCUT2D eigenvalue weighted by Crippen LogP contribution is 2.32. The first-order valence-electron chi connectivity index (χ1n) is 8.18. The van der Waals surface area contributed by atoms with Crippen LogP contribution in [0.25, 0.3) is 11.5 Å². The summed E-state index contributed by atoms with van der Waals surface area (Å²) in [5.41, 5.74) is 2.12. The Morgan fingerprint density at radius 1 is 1.12 bits per heavy atom. The molecule has 1 aliphatic rings. The van der Waals surface area contributed by atoms with E-state index < -0.39 is 5.97 Å². The lowest BCUT2D eigenvalue weighted by molar-refractivity contribution is 0.0695. The monoisotopic (exact) mass is 335 g/mol. The molecule has 1 unspecified atom stereocenters. The number of carboxylic acids is 1. The zero-order chi connectivity index (χ0) is 17.2. The molecular weight excluding hydrogens is 318 g/mol. The molecule has 0 amide bonds. The van der Waals surface area contributed by atoms with Gasteiger partial charge in [-0.25, -0.2) is 4.79 Å². The number of carboxylic acid groups (broad SMARTS) is 1. The Hall–Kier alpha value is -3.15. The number of anilines is 1. The minimum Gasteiger partial charge on any atom is -0.478 e. The van der Waals surface area contributed by atoms with Crippen LogP contribution in [0.2, 0.25) is 0 Å². The highest BCUT2D eigenvalue weighted by molar-refractivity contribution is 5.89. The van der Waals surface area contributed by atoms with E-state index in [1.165, 1.54) is 0 Å². The Morgan fingerprint density at radius 3 is 2.68 bits per heavy atom. The number of hydrogen-bond donors (Lipinski definition) is 1. The average molecular weight is 335 g/mol. The van der Waals surface area contributed by atoms with Crippen molar-refractivity contribution in [1.82, 2.24) is 10.1 Å². The van der Waals surface area contributed by atoms with Crippen LogP contribution in [-0.4, -0.2) is 34.3 Å². The second-order valence-corrected chi connectivity index (χ2v) is 6.09. The van der Waals surface area contributed by atoms with Gasteiger partial charge in [-0.2, -0.15) is 4.98 Å². The van der Waals surface area contributed by atoms with E-state index in [-0.39, 0.29) is 5.92 Å². The summed E-state index contributed by atoms with van der Waals surface area (Å²) in [6.45, 7) is 1.45. The van der Waals surface area contributed by atoms with Crippen molar-refractivity contribution < 1.29 is 14.4 Å². The summed E-state index contributed by atoms with van der Waals surface area (Å²) in [6.07, 6.45) is 0.861. The van der Waals surface area contributed by atoms with Crippen LogP contribution in [0.15, 0.2) is 59.1 Å². The van der Waals surface area contributed by atoms with Crippen LogP contribution in [0.4, 0.5) is 5.95 Å². The number of aromatic carboxylic acids is 1. The second-order valence-electron chi connectivity index (χ2n) is 6.09. The first-order valence-corrected chi connectivity index (χ1v) is 8.18. The third-order valence-electron chi connectivity index (χ3n) is 4.54. The molecule has 126 valence electrons. The highest BCUT2D eigenvalue weighted by Gasteiger charge is 2.29. The molecule has 2 aromatic carbocycles. The van der Waals surface area contributed by atoms with Gasteiger partial charge in [0.1, 0.15) is 0 Å². The summed E-state index contributed by atoms with van der Waals surface area (Å²) in [5, 5.41) is 13.5. The molecule has 0 bridgehead atoms. The number of hydrogen-bond acceptors (Lipinski definition) is 5. The van der Waals surface area contributed by atoms with Gasteiger partial charge in [-0.1, -0.05) is 36.4 Å². The van der Waals surface area contributed by atoms with Gasteiger partial charge in [-0.3, -0.25) is 0 Å². The molecule has 2 heterocycles. The molecule has 1 atom stereocenters. The maximum Gasteiger partial charge on any atom is 0.335 e. The molecule has 6 heteroatoms. The predicted molar refractivity (Wildman–Crippen MR) is 92.7 cm³/mol. The Balaban J connectivity index is 1.54. The van der Waals surface area contributed by atoms with E-state index in [0.29, 0.717) is 23.9 Å². The van der Waals surface area contributed by atoms with Gasteiger partial charge in [-0.05, 0) is 35.3 Å². The largest absolute Gasteiger partial charge is 0.478 e. The van der Waals surface area contributed by atoms with Gasteiger partial charge in [0.05, 0.1) is 5.56 Å². The number of aromatic nitrogens is 2. The van der Waals surface area contributed by atoms with Crippen LogP contribution in [0.1, 0.15) is 28.3 Å². The van der Waals surface area contributed by atoms with Gasteiger partial charge in [-0.15, -0.1) is 0 Å². The number of rotatable bonds is 4. The Morgan fingerprint density at radius 2 is 1.88 bits per heavy atom. The first-order chi connectivity index (χ1) is 12.2. The van der Waals surface area contributed by atoms with Crippen molar-refractivity contribution in [2.24, 2.45) is 0 Å². The van der Waals surface area contributed by atoms with Crippen LogP contribution in [0, 0.1) is 0 Å². The van der Waals surface area contributed by atoms with Crippen molar-refractivity contribution in [3.8, 4) is 11.5 Å². The standard InChI is InChI=1S/C19H17N3O3/c23-18(24)16-9-5-4-8-15(16)14-10-11-22(12-14)19-20-17(25-21-19)13-6-2-1-3-7-13/h1-9,14H,10-12H2,(H,23,24). The van der Waals surface area contributed by atoms with Crippen LogP contribution < -0.4 is 4.90 Å². The quantitative estimate of drug-likeness (QED) is 0.787. The summed E-state index contributed by atoms with van der Waals surface area (Å²) in [6, 6.07) is 16.8. The molecule has 1 aromatic heterocycles. The van der Waals surface area contributed by atoms with Crippen molar-refractivity contribution in [3.05, 3.63) is 65.7 Å². The molecule has 1 saturated heterocycles. The van der Waals surface area contributed by atoms with Crippen LogP contribution in [0.5, 0.6) is 0 Å². The normalized spacial score (nSPS) is 17.0. The third-order valence-corrected chi connectivity index (χ3v) is 4.54. The van der Waals surface area contributed by atoms with E-state index in [9.17, 15) is 9.90 Å². The van der Waals surface area contributed by atoms with Crippen molar-refractivity contribution in [2.75, 3.05) is 18.0 Å². The van der Waals surface area contributed by atoms with Crippen LogP contribution >= 0.6 is 0 Å². The summed E-state index contributed by atoms with van der Waals surface area (Å²) < 4.78 is 5.37. The van der Waals surface area contributed by atoms with Crippen molar-refractivity contribution in [3.63, 3.8) is 0 Å². The van der Waals surface area contributed by atoms with E-state index in [4.69, 9.17) is 4.52 Å². The topological polar surface area (TPSA) is 79.5 Å². The second kappa shape index (κ2) is 6.39. The van der Waals surface area contributed by atoms with Gasteiger partial charge < -0.3 is 14.5 Å². The van der Waals surface area contributed by atoms with E-state index in [1.54, 1.807) is 12.1 Å². The molecule has 3 aromatic rings. The third kappa shape index (κ3) is 2.98. The molecule has 0 aliphatic carbocycles. The van der Waals surface area contributed by atoms with Gasteiger partial charge in [0.15, 0.2) is 0 Å². The molecule has 1 N–H and O–H groups in total. The maximum atomic E-state index is 11.4. The first kappa shape index (κ1) is 15.4. The van der Waals surface area contributed by atoms with Crippen molar-refractivity contribution >= 4 is 11.9 Å². The van der Waals surface area contributed by atoms with Crippen molar-refractivity contribution in [2.45, 2.75) is 12.3 Å². The average Bonchev–Trinajstić information content (AvgIpc) is 3.32. The number of benzene rings is 2. The fourth-order valence-electron chi connectivity index (χ4n) is 3.29. The van der Waals surface area contributed by atoms with Gasteiger partial charge in [0.25, 0.3) is 11.8 Å². The SMILES string of the molecule is O=C(O)c1ccccc1C1CCN(c2noc(-c3ccccc3)n2)C1. The molecule has 1 fully saturated rings. The number of nitrogens with zero attached hydrogens (tertiary/aromatic N) is 3. The molecule has 0 spiro atoms. The van der Waals surface area contributed by atoms with Gasteiger partial charge in [0.2, 0.25) is 0 Å². The minimum absolute atomic E-state index is 0.144. The Bertz CT molecular complexity index is 892. The van der Waals surface area contributed by atoms with Crippen molar-refractivity contribution in [1.29, 1.82) is 0 Å². The van der Waals surface area contributed by atoms with Crippen LogP contribution in [-0.2, 0) is 0 Å². The lowest BCUT2D eigenvalue weighted by Gasteiger charge is -2.15. The molecule has 6 nitrogen and oxygen atoms in total. The molecule has 1 aliphatic heterocycles. The highest BCUT2D eigenvalue weighted by atomic mass is 16.5. The zero-order valence-electron chi connectivity index (χ0n) is 13.5. The Kier molecular flexibility index (Phi) is 3.93. The molecular formula is C19H17N3O3. The van der Waals surface area contributed by atoms with Gasteiger partial charge >= 0.3 is 5.97 Å². The predicted octanol–water partition coefficient (Wildman–Crippen LogP) is 3.43. The lowest BCUT2D eigenvalue weighted by atomic mass is 9.93. The smallest absolute Gasteiger partial charge is 0.335 e. The molecule has 0 radical (unpaired) electrons. The minimum atomic E-state index is -0.889. The molecule has 25 heavy (non-hydrogen) atoms. The van der Waals surface area contributed by atoms with E-state index in [1.807, 2.05) is 47.4 Å². The fourth-order valence-corrected chi connectivity index (χ4v) is 3.29. The Labute approximate surface area is 144 Å². The van der Waals surface area contributed by atoms with Gasteiger partial charge in [0, 0.05) is 24.6 Å². The molecule has 0 saturated carbocycles. The van der Waals surface area contributed by atoms with E-state index >= 15 is 0 Å². The van der Waals surface area contributed by atoms with E-state index in [2.05, 4.69) is 10.1 Å². The summed E-state index contributed by atoms with van der Waals surface area (Å²) in [5.74, 6) is 0.296. The lowest BCUT2D eigenvalue weighted by Crippen LogP contribution is -2.21. The van der Waals surface area contributed by atoms with E-state index in [0.717, 1.165) is 24.1 Å². The summed E-state index contributed by atoms with van der Waals surface area (Å²) in [4.78, 5) is 18.0. The van der Waals surface area contributed by atoms with Crippen LogP contribution in [0.3, 0.4) is 0 Å². The summed E-state index contributed by atoms with van der Waals surface area (Å²) >= 11 is 0. The molecule has 4 rings (SSSR count). The number of carbonyl (C=O) groups is 1. The zero-order valence-corrected chi connectivity index (χ0v) is 13.5. The fraction of sp³-hybridized carbons (Fsp3) is 0.211.